The summed E-state index contributed by atoms with van der Waals surface area (Å²) in [7, 11) is -3.54. The first kappa shape index (κ1) is 19.6. The molecule has 1 amide bonds. The Morgan fingerprint density at radius 1 is 1.11 bits per heavy atom. The molecule has 1 saturated heterocycles. The zero-order valence-electron chi connectivity index (χ0n) is 15.8. The fourth-order valence-electron chi connectivity index (χ4n) is 3.33. The Hall–Kier alpha value is -2.18. The minimum atomic E-state index is -3.54. The van der Waals surface area contributed by atoms with Crippen LogP contribution in [0.5, 0.6) is 0 Å². The molecule has 0 aromatic heterocycles. The van der Waals surface area contributed by atoms with Crippen LogP contribution in [0.1, 0.15) is 54.9 Å². The maximum atomic E-state index is 12.8. The van der Waals surface area contributed by atoms with Gasteiger partial charge in [-0.15, -0.1) is 0 Å². The second kappa shape index (κ2) is 8.23. The zero-order valence-corrected chi connectivity index (χ0v) is 16.6. The van der Waals surface area contributed by atoms with Gasteiger partial charge >= 0.3 is 0 Å². The third-order valence-corrected chi connectivity index (χ3v) is 7.05. The second-order valence-electron chi connectivity index (χ2n) is 6.99. The first-order chi connectivity index (χ1) is 12.9. The topological polar surface area (TPSA) is 66.5 Å². The Bertz CT molecular complexity index is 919. The van der Waals surface area contributed by atoms with Gasteiger partial charge in [0.05, 0.1) is 4.90 Å². The van der Waals surface area contributed by atoms with Crippen LogP contribution >= 0.6 is 0 Å². The van der Waals surface area contributed by atoms with E-state index in [0.29, 0.717) is 24.6 Å². The van der Waals surface area contributed by atoms with E-state index in [-0.39, 0.29) is 10.8 Å². The van der Waals surface area contributed by atoms with Gasteiger partial charge in [0.15, 0.2) is 0 Å². The Balaban J connectivity index is 1.85. The van der Waals surface area contributed by atoms with Crippen LogP contribution in [-0.4, -0.2) is 31.7 Å². The summed E-state index contributed by atoms with van der Waals surface area (Å²) < 4.78 is 27.0. The molecule has 1 atom stereocenters. The fraction of sp³-hybridized carbons (Fsp3) is 0.381. The highest BCUT2D eigenvalue weighted by Gasteiger charge is 2.27. The number of nitrogens with zero attached hydrogens (tertiary/aromatic N) is 1. The average Bonchev–Trinajstić information content (AvgIpc) is 3.23. The molecule has 0 bridgehead atoms. The molecule has 5 nitrogen and oxygen atoms in total. The van der Waals surface area contributed by atoms with E-state index < -0.39 is 10.0 Å². The van der Waals surface area contributed by atoms with Gasteiger partial charge in [-0.2, -0.15) is 4.31 Å². The van der Waals surface area contributed by atoms with Crippen molar-refractivity contribution in [1.82, 2.24) is 4.31 Å². The molecular formula is C21H26N2O3S. The molecule has 1 unspecified atom stereocenters. The SMILES string of the molecule is CCC(C)c1ccccc1NC(=O)c1cccc(S(=O)(=O)N2CCCC2)c1. The van der Waals surface area contributed by atoms with E-state index in [1.165, 1.54) is 10.4 Å². The van der Waals surface area contributed by atoms with Crippen LogP contribution in [0.2, 0.25) is 0 Å². The van der Waals surface area contributed by atoms with Crippen LogP contribution in [0.4, 0.5) is 5.69 Å². The van der Waals surface area contributed by atoms with Crippen LogP contribution in [-0.2, 0) is 10.0 Å². The van der Waals surface area contributed by atoms with Gasteiger partial charge in [0.25, 0.3) is 5.91 Å². The summed E-state index contributed by atoms with van der Waals surface area (Å²) in [5.41, 5.74) is 2.19. The zero-order chi connectivity index (χ0) is 19.4. The van der Waals surface area contributed by atoms with Crippen molar-refractivity contribution in [2.45, 2.75) is 43.9 Å². The van der Waals surface area contributed by atoms with Crippen molar-refractivity contribution in [3.63, 3.8) is 0 Å². The molecule has 2 aromatic carbocycles. The highest BCUT2D eigenvalue weighted by Crippen LogP contribution is 2.27. The highest BCUT2D eigenvalue weighted by atomic mass is 32.2. The number of para-hydroxylation sites is 1. The van der Waals surface area contributed by atoms with E-state index in [0.717, 1.165) is 30.5 Å². The van der Waals surface area contributed by atoms with Gasteiger partial charge in [-0.25, -0.2) is 8.42 Å². The van der Waals surface area contributed by atoms with Crippen molar-refractivity contribution in [1.29, 1.82) is 0 Å². The molecule has 0 saturated carbocycles. The van der Waals surface area contributed by atoms with Gasteiger partial charge in [0.2, 0.25) is 10.0 Å². The molecule has 0 aliphatic carbocycles. The third kappa shape index (κ3) is 4.22. The lowest BCUT2D eigenvalue weighted by Gasteiger charge is -2.17. The molecule has 1 fully saturated rings. The smallest absolute Gasteiger partial charge is 0.255 e. The summed E-state index contributed by atoms with van der Waals surface area (Å²) in [6.45, 7) is 5.31. The number of amides is 1. The standard InChI is InChI=1S/C21H26N2O3S/c1-3-16(2)19-11-4-5-12-20(19)22-21(24)17-9-8-10-18(15-17)27(25,26)23-13-6-7-14-23/h4-5,8-12,15-16H,3,6-7,13-14H2,1-2H3,(H,22,24). The molecule has 2 aromatic rings. The first-order valence-electron chi connectivity index (χ1n) is 9.44. The van der Waals surface area contributed by atoms with Gasteiger partial charge < -0.3 is 5.32 Å². The van der Waals surface area contributed by atoms with Gasteiger partial charge in [-0.05, 0) is 55.0 Å². The quantitative estimate of drug-likeness (QED) is 0.808. The third-order valence-electron chi connectivity index (χ3n) is 5.15. The maximum Gasteiger partial charge on any atom is 0.255 e. The van der Waals surface area contributed by atoms with Crippen LogP contribution < -0.4 is 5.32 Å². The highest BCUT2D eigenvalue weighted by molar-refractivity contribution is 7.89. The van der Waals surface area contributed by atoms with Crippen molar-refractivity contribution in [3.05, 3.63) is 59.7 Å². The van der Waals surface area contributed by atoms with Crippen molar-refractivity contribution < 1.29 is 13.2 Å². The van der Waals surface area contributed by atoms with E-state index in [2.05, 4.69) is 19.2 Å². The van der Waals surface area contributed by atoms with Gasteiger partial charge in [0, 0.05) is 24.3 Å². The predicted molar refractivity (Wildman–Crippen MR) is 108 cm³/mol. The fourth-order valence-corrected chi connectivity index (χ4v) is 4.89. The Morgan fingerprint density at radius 2 is 1.81 bits per heavy atom. The first-order valence-corrected chi connectivity index (χ1v) is 10.9. The summed E-state index contributed by atoms with van der Waals surface area (Å²) in [6, 6.07) is 14.0. The lowest BCUT2D eigenvalue weighted by atomic mass is 9.97. The lowest BCUT2D eigenvalue weighted by molar-refractivity contribution is 0.102. The van der Waals surface area contributed by atoms with Crippen molar-refractivity contribution in [2.75, 3.05) is 18.4 Å². The van der Waals surface area contributed by atoms with Crippen molar-refractivity contribution in [2.24, 2.45) is 0 Å². The average molecular weight is 387 g/mol. The monoisotopic (exact) mass is 386 g/mol. The molecule has 27 heavy (non-hydrogen) atoms. The second-order valence-corrected chi connectivity index (χ2v) is 8.93. The van der Waals surface area contributed by atoms with Crippen molar-refractivity contribution >= 4 is 21.6 Å². The number of nitrogens with one attached hydrogen (secondary N) is 1. The number of carbonyl (C=O) groups excluding carboxylic acids is 1. The predicted octanol–water partition coefficient (Wildman–Crippen LogP) is 4.24. The van der Waals surface area contributed by atoms with Crippen LogP contribution in [0.25, 0.3) is 0 Å². The molecule has 1 heterocycles. The summed E-state index contributed by atoms with van der Waals surface area (Å²) >= 11 is 0. The Kier molecular flexibility index (Phi) is 5.97. The number of hydrogen-bond acceptors (Lipinski definition) is 3. The van der Waals surface area contributed by atoms with E-state index in [1.807, 2.05) is 24.3 Å². The molecular weight excluding hydrogens is 360 g/mol. The number of benzene rings is 2. The van der Waals surface area contributed by atoms with E-state index >= 15 is 0 Å². The maximum absolute atomic E-state index is 12.8. The number of hydrogen-bond donors (Lipinski definition) is 1. The summed E-state index contributed by atoms with van der Waals surface area (Å²) in [6.07, 6.45) is 2.73. The lowest BCUT2D eigenvalue weighted by Crippen LogP contribution is -2.28. The Morgan fingerprint density at radius 3 is 2.52 bits per heavy atom. The number of sulfonamides is 1. The number of rotatable bonds is 6. The molecule has 144 valence electrons. The summed E-state index contributed by atoms with van der Waals surface area (Å²) in [4.78, 5) is 12.9. The van der Waals surface area contributed by atoms with E-state index in [9.17, 15) is 13.2 Å². The molecule has 1 aliphatic rings. The van der Waals surface area contributed by atoms with E-state index in [4.69, 9.17) is 0 Å². The normalized spacial score (nSPS) is 16.2. The molecule has 3 rings (SSSR count). The molecule has 0 radical (unpaired) electrons. The molecule has 0 spiro atoms. The number of carbonyl (C=O) groups is 1. The van der Waals surface area contributed by atoms with Crippen LogP contribution in [0, 0.1) is 0 Å². The van der Waals surface area contributed by atoms with Crippen molar-refractivity contribution in [3.8, 4) is 0 Å². The van der Waals surface area contributed by atoms with Crippen LogP contribution in [0.3, 0.4) is 0 Å². The number of anilines is 1. The molecule has 6 heteroatoms. The Labute approximate surface area is 161 Å². The van der Waals surface area contributed by atoms with Gasteiger partial charge in [-0.3, -0.25) is 4.79 Å². The van der Waals surface area contributed by atoms with Crippen LogP contribution in [0.15, 0.2) is 53.4 Å². The van der Waals surface area contributed by atoms with Gasteiger partial charge in [-0.1, -0.05) is 38.1 Å². The summed E-state index contributed by atoms with van der Waals surface area (Å²) in [5.74, 6) is 0.0209. The van der Waals surface area contributed by atoms with E-state index in [1.54, 1.807) is 18.2 Å². The molecule has 1 aliphatic heterocycles. The minimum absolute atomic E-state index is 0.173. The molecule has 1 N–H and O–H groups in total. The minimum Gasteiger partial charge on any atom is -0.322 e. The summed E-state index contributed by atoms with van der Waals surface area (Å²) in [5, 5.41) is 2.94. The largest absolute Gasteiger partial charge is 0.322 e. The van der Waals surface area contributed by atoms with Gasteiger partial charge in [0.1, 0.15) is 0 Å².